The van der Waals surface area contributed by atoms with Gasteiger partial charge in [-0.2, -0.15) is 0 Å². The number of hydrogen-bond acceptors (Lipinski definition) is 5. The summed E-state index contributed by atoms with van der Waals surface area (Å²) in [4.78, 5) is 17.1. The van der Waals surface area contributed by atoms with Gasteiger partial charge in [-0.05, 0) is 31.7 Å². The lowest BCUT2D eigenvalue weighted by Gasteiger charge is -2.38. The Hall–Kier alpha value is -1.69. The maximum atomic E-state index is 11.1. The van der Waals surface area contributed by atoms with Crippen LogP contribution in [0, 0.1) is 10.1 Å². The molecule has 2 bridgehead atoms. The number of rotatable bonds is 2. The quantitative estimate of drug-likeness (QED) is 0.632. The predicted molar refractivity (Wildman–Crippen MR) is 67.4 cm³/mol. The van der Waals surface area contributed by atoms with E-state index >= 15 is 0 Å². The van der Waals surface area contributed by atoms with E-state index in [4.69, 9.17) is 5.73 Å². The minimum absolute atomic E-state index is 0.102. The van der Waals surface area contributed by atoms with Crippen LogP contribution in [0.5, 0.6) is 0 Å². The monoisotopic (exact) mass is 248 g/mol. The first-order chi connectivity index (χ1) is 8.66. The summed E-state index contributed by atoms with van der Waals surface area (Å²) in [7, 11) is 0. The molecular weight excluding hydrogens is 232 g/mol. The van der Waals surface area contributed by atoms with Gasteiger partial charge in [0, 0.05) is 30.4 Å². The summed E-state index contributed by atoms with van der Waals surface area (Å²) in [6.45, 7) is 0. The zero-order valence-corrected chi connectivity index (χ0v) is 10.0. The second-order valence-corrected chi connectivity index (χ2v) is 5.13. The topological polar surface area (TPSA) is 85.3 Å². The van der Waals surface area contributed by atoms with Gasteiger partial charge in [-0.15, -0.1) is 0 Å². The van der Waals surface area contributed by atoms with Crippen LogP contribution in [0.4, 0.5) is 11.5 Å². The SMILES string of the molecule is NC1CC2CCC(C1)N2c1ncccc1[N+](=O)[O-]. The van der Waals surface area contributed by atoms with Crippen LogP contribution >= 0.6 is 0 Å². The molecule has 2 unspecified atom stereocenters. The number of nitrogens with two attached hydrogens (primary N) is 1. The minimum Gasteiger partial charge on any atom is -0.345 e. The zero-order valence-electron chi connectivity index (χ0n) is 10.0. The summed E-state index contributed by atoms with van der Waals surface area (Å²) in [6, 6.07) is 3.98. The molecule has 1 aromatic rings. The molecule has 2 atom stereocenters. The average molecular weight is 248 g/mol. The Balaban J connectivity index is 1.99. The largest absolute Gasteiger partial charge is 0.345 e. The van der Waals surface area contributed by atoms with Gasteiger partial charge in [-0.1, -0.05) is 0 Å². The van der Waals surface area contributed by atoms with Gasteiger partial charge in [-0.3, -0.25) is 10.1 Å². The lowest BCUT2D eigenvalue weighted by atomic mass is 9.98. The number of aromatic nitrogens is 1. The van der Waals surface area contributed by atoms with E-state index in [2.05, 4.69) is 9.88 Å². The Kier molecular flexibility index (Phi) is 2.66. The first-order valence-electron chi connectivity index (χ1n) is 6.30. The molecule has 3 rings (SSSR count). The summed E-state index contributed by atoms with van der Waals surface area (Å²) in [5, 5.41) is 11.1. The highest BCUT2D eigenvalue weighted by atomic mass is 16.6. The number of nitrogens with zero attached hydrogens (tertiary/aromatic N) is 3. The highest BCUT2D eigenvalue weighted by Gasteiger charge is 2.42. The van der Waals surface area contributed by atoms with Crippen LogP contribution in [-0.2, 0) is 0 Å². The molecule has 0 saturated carbocycles. The van der Waals surface area contributed by atoms with Crippen LogP contribution in [0.25, 0.3) is 0 Å². The summed E-state index contributed by atoms with van der Waals surface area (Å²) >= 11 is 0. The fourth-order valence-electron chi connectivity index (χ4n) is 3.29. The second kappa shape index (κ2) is 4.20. The van der Waals surface area contributed by atoms with Crippen molar-refractivity contribution < 1.29 is 4.92 Å². The van der Waals surface area contributed by atoms with E-state index < -0.39 is 0 Å². The molecule has 2 saturated heterocycles. The van der Waals surface area contributed by atoms with Crippen molar-refractivity contribution in [2.45, 2.75) is 43.8 Å². The van der Waals surface area contributed by atoms with Crippen LogP contribution in [0.15, 0.2) is 18.3 Å². The number of fused-ring (bicyclic) bond motifs is 2. The van der Waals surface area contributed by atoms with Crippen molar-refractivity contribution in [1.29, 1.82) is 0 Å². The summed E-state index contributed by atoms with van der Waals surface area (Å²) in [5.74, 6) is 0.516. The van der Waals surface area contributed by atoms with Crippen molar-refractivity contribution in [1.82, 2.24) is 4.98 Å². The molecule has 0 aromatic carbocycles. The normalized spacial score (nSPS) is 30.5. The van der Waals surface area contributed by atoms with E-state index in [-0.39, 0.29) is 16.7 Å². The van der Waals surface area contributed by atoms with Crippen molar-refractivity contribution in [2.75, 3.05) is 4.90 Å². The first kappa shape index (κ1) is 11.4. The highest BCUT2D eigenvalue weighted by Crippen LogP contribution is 2.40. The van der Waals surface area contributed by atoms with Gasteiger partial charge in [0.2, 0.25) is 5.82 Å². The maximum Gasteiger partial charge on any atom is 0.311 e. The molecule has 1 aromatic heterocycles. The molecule has 0 aliphatic carbocycles. The Labute approximate surface area is 105 Å². The molecule has 6 heteroatoms. The fraction of sp³-hybridized carbons (Fsp3) is 0.583. The van der Waals surface area contributed by atoms with Crippen molar-refractivity contribution >= 4 is 11.5 Å². The highest BCUT2D eigenvalue weighted by molar-refractivity contribution is 5.59. The molecular formula is C12H16N4O2. The number of piperidine rings is 1. The molecule has 0 amide bonds. The third-order valence-corrected chi connectivity index (χ3v) is 3.98. The Morgan fingerprint density at radius 3 is 2.67 bits per heavy atom. The molecule has 2 fully saturated rings. The van der Waals surface area contributed by atoms with Crippen LogP contribution in [-0.4, -0.2) is 28.0 Å². The van der Waals surface area contributed by atoms with E-state index in [9.17, 15) is 10.1 Å². The van der Waals surface area contributed by atoms with Gasteiger partial charge in [0.15, 0.2) is 0 Å². The molecule has 6 nitrogen and oxygen atoms in total. The predicted octanol–water partition coefficient (Wildman–Crippen LogP) is 1.45. The second-order valence-electron chi connectivity index (χ2n) is 5.13. The van der Waals surface area contributed by atoms with E-state index in [0.717, 1.165) is 25.7 Å². The smallest absolute Gasteiger partial charge is 0.311 e. The van der Waals surface area contributed by atoms with E-state index in [1.165, 1.54) is 6.07 Å². The maximum absolute atomic E-state index is 11.1. The van der Waals surface area contributed by atoms with Crippen LogP contribution in [0.3, 0.4) is 0 Å². The van der Waals surface area contributed by atoms with Gasteiger partial charge in [0.25, 0.3) is 0 Å². The van der Waals surface area contributed by atoms with Crippen LogP contribution in [0.2, 0.25) is 0 Å². The van der Waals surface area contributed by atoms with Crippen molar-refractivity contribution in [3.05, 3.63) is 28.4 Å². The molecule has 18 heavy (non-hydrogen) atoms. The molecule has 0 radical (unpaired) electrons. The van der Waals surface area contributed by atoms with E-state index in [0.29, 0.717) is 17.9 Å². The molecule has 3 heterocycles. The molecule has 2 N–H and O–H groups in total. The minimum atomic E-state index is -0.351. The molecule has 2 aliphatic rings. The fourth-order valence-corrected chi connectivity index (χ4v) is 3.29. The van der Waals surface area contributed by atoms with E-state index in [1.807, 2.05) is 0 Å². The average Bonchev–Trinajstić information content (AvgIpc) is 2.61. The molecule has 96 valence electrons. The lowest BCUT2D eigenvalue weighted by Crippen LogP contribution is -2.48. The third-order valence-electron chi connectivity index (χ3n) is 3.98. The van der Waals surface area contributed by atoms with Crippen LogP contribution in [0.1, 0.15) is 25.7 Å². The Bertz CT molecular complexity index is 465. The summed E-state index contributed by atoms with van der Waals surface area (Å²) in [6.07, 6.45) is 5.56. The standard InChI is InChI=1S/C12H16N4O2/c13-8-6-9-3-4-10(7-8)15(9)12-11(16(17)18)2-1-5-14-12/h1-2,5,8-10H,3-4,6-7,13H2. The Morgan fingerprint density at radius 2 is 2.06 bits per heavy atom. The number of pyridine rings is 1. The summed E-state index contributed by atoms with van der Waals surface area (Å²) < 4.78 is 0. The van der Waals surface area contributed by atoms with E-state index in [1.54, 1.807) is 12.3 Å². The number of anilines is 1. The van der Waals surface area contributed by atoms with Crippen molar-refractivity contribution in [3.63, 3.8) is 0 Å². The third kappa shape index (κ3) is 1.73. The van der Waals surface area contributed by atoms with Crippen LogP contribution < -0.4 is 10.6 Å². The molecule has 2 aliphatic heterocycles. The Morgan fingerprint density at radius 1 is 1.39 bits per heavy atom. The number of nitro groups is 1. The van der Waals surface area contributed by atoms with Crippen molar-refractivity contribution in [2.24, 2.45) is 5.73 Å². The van der Waals surface area contributed by atoms with Crippen molar-refractivity contribution in [3.8, 4) is 0 Å². The van der Waals surface area contributed by atoms with Gasteiger partial charge >= 0.3 is 5.69 Å². The van der Waals surface area contributed by atoms with Gasteiger partial charge in [0.05, 0.1) is 4.92 Å². The lowest BCUT2D eigenvalue weighted by molar-refractivity contribution is -0.384. The van der Waals surface area contributed by atoms with Gasteiger partial charge in [-0.25, -0.2) is 4.98 Å². The first-order valence-corrected chi connectivity index (χ1v) is 6.30. The number of hydrogen-bond donors (Lipinski definition) is 1. The zero-order chi connectivity index (χ0) is 12.7. The van der Waals surface area contributed by atoms with Gasteiger partial charge < -0.3 is 10.6 Å². The molecule has 0 spiro atoms. The summed E-state index contributed by atoms with van der Waals surface area (Å²) in [5.41, 5.74) is 6.11. The van der Waals surface area contributed by atoms with Gasteiger partial charge in [0.1, 0.15) is 0 Å².